The summed E-state index contributed by atoms with van der Waals surface area (Å²) in [6.45, 7) is 1.73. The molecule has 2 rings (SSSR count). The lowest BCUT2D eigenvalue weighted by Crippen LogP contribution is -2.28. The Morgan fingerprint density at radius 3 is 2.86 bits per heavy atom. The van der Waals surface area contributed by atoms with Crippen LogP contribution in [0.4, 0.5) is 8.78 Å². The maximum Gasteiger partial charge on any atom is 0.126 e. The van der Waals surface area contributed by atoms with Crippen molar-refractivity contribution in [3.63, 3.8) is 0 Å². The van der Waals surface area contributed by atoms with Gasteiger partial charge in [-0.1, -0.05) is 0 Å². The normalized spacial score (nSPS) is 22.3. The van der Waals surface area contributed by atoms with E-state index in [1.54, 1.807) is 0 Å². The maximum absolute atomic E-state index is 13.4. The number of benzene rings is 1. The SMILES string of the molecule is Fc1ccc(F)c(C2CCCNC2)c1. The zero-order chi connectivity index (χ0) is 9.97. The summed E-state index contributed by atoms with van der Waals surface area (Å²) in [4.78, 5) is 0. The third-order valence-electron chi connectivity index (χ3n) is 2.69. The molecule has 1 heterocycles. The van der Waals surface area contributed by atoms with Crippen LogP contribution < -0.4 is 5.32 Å². The van der Waals surface area contributed by atoms with Gasteiger partial charge in [-0.25, -0.2) is 8.78 Å². The maximum atomic E-state index is 13.4. The van der Waals surface area contributed by atoms with Crippen molar-refractivity contribution in [1.82, 2.24) is 5.32 Å². The first-order valence-corrected chi connectivity index (χ1v) is 4.93. The van der Waals surface area contributed by atoms with Gasteiger partial charge in [-0.15, -0.1) is 0 Å². The van der Waals surface area contributed by atoms with Gasteiger partial charge in [0.2, 0.25) is 0 Å². The molecule has 3 heteroatoms. The molecule has 0 radical (unpaired) electrons. The molecule has 0 amide bonds. The molecule has 76 valence electrons. The predicted octanol–water partition coefficient (Wildman–Crippen LogP) is 2.43. The van der Waals surface area contributed by atoms with Gasteiger partial charge in [0.15, 0.2) is 0 Å². The third-order valence-corrected chi connectivity index (χ3v) is 2.69. The number of hydrogen-bond donors (Lipinski definition) is 1. The Hall–Kier alpha value is -0.960. The monoisotopic (exact) mass is 197 g/mol. The molecule has 1 unspecified atom stereocenters. The Kier molecular flexibility index (Phi) is 2.77. The fraction of sp³-hybridized carbons (Fsp3) is 0.455. The Morgan fingerprint density at radius 2 is 2.14 bits per heavy atom. The first-order chi connectivity index (χ1) is 6.77. The van der Waals surface area contributed by atoms with Crippen molar-refractivity contribution in [3.8, 4) is 0 Å². The second-order valence-corrected chi connectivity index (χ2v) is 3.71. The molecule has 14 heavy (non-hydrogen) atoms. The molecule has 1 aromatic carbocycles. The highest BCUT2D eigenvalue weighted by Crippen LogP contribution is 2.25. The molecule has 0 aliphatic carbocycles. The van der Waals surface area contributed by atoms with Crippen LogP contribution in [0.5, 0.6) is 0 Å². The van der Waals surface area contributed by atoms with E-state index in [0.717, 1.165) is 32.0 Å². The highest BCUT2D eigenvalue weighted by molar-refractivity contribution is 5.23. The molecule has 1 atom stereocenters. The van der Waals surface area contributed by atoms with E-state index in [1.807, 2.05) is 0 Å². The largest absolute Gasteiger partial charge is 0.316 e. The van der Waals surface area contributed by atoms with Crippen LogP contribution >= 0.6 is 0 Å². The van der Waals surface area contributed by atoms with Gasteiger partial charge in [-0.2, -0.15) is 0 Å². The first-order valence-electron chi connectivity index (χ1n) is 4.93. The average molecular weight is 197 g/mol. The fourth-order valence-electron chi connectivity index (χ4n) is 1.94. The molecule has 0 spiro atoms. The lowest BCUT2D eigenvalue weighted by molar-refractivity contribution is 0.443. The van der Waals surface area contributed by atoms with Crippen molar-refractivity contribution in [2.75, 3.05) is 13.1 Å². The summed E-state index contributed by atoms with van der Waals surface area (Å²) in [6.07, 6.45) is 1.97. The molecule has 1 aliphatic rings. The number of hydrogen-bond acceptors (Lipinski definition) is 1. The topological polar surface area (TPSA) is 12.0 Å². The number of halogens is 2. The van der Waals surface area contributed by atoms with Crippen LogP contribution in [0, 0.1) is 11.6 Å². The minimum absolute atomic E-state index is 0.124. The number of nitrogens with one attached hydrogen (secondary N) is 1. The van der Waals surface area contributed by atoms with E-state index in [1.165, 1.54) is 12.1 Å². The zero-order valence-electron chi connectivity index (χ0n) is 7.89. The Morgan fingerprint density at radius 1 is 1.29 bits per heavy atom. The van der Waals surface area contributed by atoms with Gasteiger partial charge in [0, 0.05) is 6.54 Å². The molecule has 1 fully saturated rings. The Bertz CT molecular complexity index is 319. The summed E-state index contributed by atoms with van der Waals surface area (Å²) in [6, 6.07) is 3.68. The molecule has 0 aromatic heterocycles. The quantitative estimate of drug-likeness (QED) is 0.729. The van der Waals surface area contributed by atoms with Crippen molar-refractivity contribution in [3.05, 3.63) is 35.4 Å². The van der Waals surface area contributed by atoms with E-state index in [0.29, 0.717) is 5.56 Å². The van der Waals surface area contributed by atoms with Crippen molar-refractivity contribution < 1.29 is 8.78 Å². The summed E-state index contributed by atoms with van der Waals surface area (Å²) in [5.74, 6) is -0.522. The third kappa shape index (κ3) is 1.93. The van der Waals surface area contributed by atoms with Crippen molar-refractivity contribution in [1.29, 1.82) is 0 Å². The lowest BCUT2D eigenvalue weighted by Gasteiger charge is -2.23. The van der Waals surface area contributed by atoms with Crippen LogP contribution in [0.3, 0.4) is 0 Å². The molecule has 1 aromatic rings. The van der Waals surface area contributed by atoms with Crippen LogP contribution in [-0.4, -0.2) is 13.1 Å². The fourth-order valence-corrected chi connectivity index (χ4v) is 1.94. The van der Waals surface area contributed by atoms with Crippen molar-refractivity contribution in [2.45, 2.75) is 18.8 Å². The minimum Gasteiger partial charge on any atom is -0.316 e. The second kappa shape index (κ2) is 4.05. The van der Waals surface area contributed by atoms with Crippen LogP contribution in [-0.2, 0) is 0 Å². The molecule has 0 bridgehead atoms. The molecule has 1 nitrogen and oxygen atoms in total. The summed E-state index contributed by atoms with van der Waals surface area (Å²) in [5, 5.41) is 3.19. The van der Waals surface area contributed by atoms with E-state index >= 15 is 0 Å². The highest BCUT2D eigenvalue weighted by Gasteiger charge is 2.18. The number of rotatable bonds is 1. The molecular weight excluding hydrogens is 184 g/mol. The van der Waals surface area contributed by atoms with E-state index in [2.05, 4.69) is 5.32 Å². The molecular formula is C11H13F2N. The summed E-state index contributed by atoms with van der Waals surface area (Å²) >= 11 is 0. The Labute approximate surface area is 82.1 Å². The van der Waals surface area contributed by atoms with Gasteiger partial charge in [-0.3, -0.25) is 0 Å². The van der Waals surface area contributed by atoms with Gasteiger partial charge < -0.3 is 5.32 Å². The van der Waals surface area contributed by atoms with Gasteiger partial charge in [0.05, 0.1) is 0 Å². The lowest BCUT2D eigenvalue weighted by atomic mass is 9.91. The summed E-state index contributed by atoms with van der Waals surface area (Å²) in [5.41, 5.74) is 0.511. The van der Waals surface area contributed by atoms with Crippen LogP contribution in [0.25, 0.3) is 0 Å². The van der Waals surface area contributed by atoms with Crippen LogP contribution in [0.2, 0.25) is 0 Å². The van der Waals surface area contributed by atoms with E-state index in [-0.39, 0.29) is 17.6 Å². The van der Waals surface area contributed by atoms with Gasteiger partial charge in [0.1, 0.15) is 11.6 Å². The standard InChI is InChI=1S/C11H13F2N/c12-9-3-4-11(13)10(6-9)8-2-1-5-14-7-8/h3-4,6,8,14H,1-2,5,7H2. The minimum atomic E-state index is -0.355. The van der Waals surface area contributed by atoms with Crippen LogP contribution in [0.15, 0.2) is 18.2 Å². The van der Waals surface area contributed by atoms with E-state index in [9.17, 15) is 8.78 Å². The van der Waals surface area contributed by atoms with E-state index < -0.39 is 0 Å². The van der Waals surface area contributed by atoms with Crippen molar-refractivity contribution in [2.24, 2.45) is 0 Å². The number of piperidine rings is 1. The molecule has 1 aliphatic heterocycles. The highest BCUT2D eigenvalue weighted by atomic mass is 19.1. The zero-order valence-corrected chi connectivity index (χ0v) is 7.89. The van der Waals surface area contributed by atoms with Gasteiger partial charge >= 0.3 is 0 Å². The van der Waals surface area contributed by atoms with E-state index in [4.69, 9.17) is 0 Å². The van der Waals surface area contributed by atoms with Crippen molar-refractivity contribution >= 4 is 0 Å². The Balaban J connectivity index is 2.24. The molecule has 0 saturated carbocycles. The summed E-state index contributed by atoms with van der Waals surface area (Å²) in [7, 11) is 0. The summed E-state index contributed by atoms with van der Waals surface area (Å²) < 4.78 is 26.3. The van der Waals surface area contributed by atoms with Crippen LogP contribution in [0.1, 0.15) is 24.3 Å². The predicted molar refractivity (Wildman–Crippen MR) is 51.2 cm³/mol. The first kappa shape index (κ1) is 9.59. The average Bonchev–Trinajstić information content (AvgIpc) is 2.23. The second-order valence-electron chi connectivity index (χ2n) is 3.71. The van der Waals surface area contributed by atoms with Gasteiger partial charge in [0.25, 0.3) is 0 Å². The molecule has 1 N–H and O–H groups in total. The van der Waals surface area contributed by atoms with Gasteiger partial charge in [-0.05, 0) is 49.1 Å². The molecule has 1 saturated heterocycles. The smallest absolute Gasteiger partial charge is 0.126 e.